The van der Waals surface area contributed by atoms with Crippen molar-refractivity contribution in [1.82, 2.24) is 16.0 Å². The van der Waals surface area contributed by atoms with Crippen LogP contribution in [0, 0.1) is 5.92 Å². The topological polar surface area (TPSA) is 108 Å². The summed E-state index contributed by atoms with van der Waals surface area (Å²) < 4.78 is 30.6. The fourth-order valence-corrected chi connectivity index (χ4v) is 4.37. The minimum atomic E-state index is -4.22. The van der Waals surface area contributed by atoms with Crippen molar-refractivity contribution in [2.75, 3.05) is 0 Å². The van der Waals surface area contributed by atoms with E-state index in [2.05, 4.69) is 16.0 Å². The molecule has 3 rings (SSSR count). The standard InChI is InChI=1S/C32H37F2N3O4/c1-21(2)27(37-29(39)22(3)25-17-11-6-12-18-25)30(40)36-26(19-23-13-7-4-8-14-23)28(38)32(33,34)31(41)35-20-24-15-9-5-10-16-24/h4-18,21-22,26-28,38H,19-20H2,1-3H3,(H,35,41)(H,36,40)(H,37,39)/t22?,26?,27-,28?/m0/s1. The highest BCUT2D eigenvalue weighted by molar-refractivity contribution is 5.91. The van der Waals surface area contributed by atoms with E-state index in [9.17, 15) is 19.5 Å². The largest absolute Gasteiger partial charge is 0.384 e. The molecule has 0 bridgehead atoms. The van der Waals surface area contributed by atoms with Crippen LogP contribution in [0.1, 0.15) is 43.4 Å². The summed E-state index contributed by atoms with van der Waals surface area (Å²) in [5, 5.41) is 18.2. The van der Waals surface area contributed by atoms with Crippen molar-refractivity contribution in [2.24, 2.45) is 5.92 Å². The molecule has 0 aliphatic carbocycles. The number of rotatable bonds is 13. The van der Waals surface area contributed by atoms with Crippen LogP contribution >= 0.6 is 0 Å². The van der Waals surface area contributed by atoms with Gasteiger partial charge in [0.1, 0.15) is 12.1 Å². The molecule has 3 aromatic rings. The fourth-order valence-electron chi connectivity index (χ4n) is 4.37. The maximum Gasteiger partial charge on any atom is 0.351 e. The third-order valence-corrected chi connectivity index (χ3v) is 6.92. The van der Waals surface area contributed by atoms with Crippen LogP contribution in [0.5, 0.6) is 0 Å². The van der Waals surface area contributed by atoms with E-state index in [0.717, 1.165) is 5.56 Å². The van der Waals surface area contributed by atoms with Crippen molar-refractivity contribution in [3.8, 4) is 0 Å². The average Bonchev–Trinajstić information content (AvgIpc) is 2.98. The minimum absolute atomic E-state index is 0.154. The van der Waals surface area contributed by atoms with E-state index >= 15 is 8.78 Å². The Hall–Kier alpha value is -4.11. The molecule has 0 spiro atoms. The van der Waals surface area contributed by atoms with Crippen LogP contribution < -0.4 is 16.0 Å². The molecule has 3 aromatic carbocycles. The quantitative estimate of drug-likeness (QED) is 0.252. The van der Waals surface area contributed by atoms with Crippen molar-refractivity contribution < 1.29 is 28.3 Å². The monoisotopic (exact) mass is 565 g/mol. The zero-order valence-corrected chi connectivity index (χ0v) is 23.4. The molecular weight excluding hydrogens is 528 g/mol. The molecule has 0 fully saturated rings. The first-order valence-corrected chi connectivity index (χ1v) is 13.6. The van der Waals surface area contributed by atoms with Gasteiger partial charge < -0.3 is 21.1 Å². The molecule has 7 nitrogen and oxygen atoms in total. The number of halogens is 2. The van der Waals surface area contributed by atoms with Crippen LogP contribution in [0.4, 0.5) is 8.78 Å². The van der Waals surface area contributed by atoms with Crippen molar-refractivity contribution in [3.63, 3.8) is 0 Å². The Bertz CT molecular complexity index is 1270. The number of amides is 3. The molecule has 0 aromatic heterocycles. The van der Waals surface area contributed by atoms with Crippen LogP contribution in [0.15, 0.2) is 91.0 Å². The van der Waals surface area contributed by atoms with Gasteiger partial charge in [0.2, 0.25) is 11.8 Å². The van der Waals surface area contributed by atoms with Crippen molar-refractivity contribution in [3.05, 3.63) is 108 Å². The number of benzene rings is 3. The van der Waals surface area contributed by atoms with Gasteiger partial charge in [-0.2, -0.15) is 8.78 Å². The fraction of sp³-hybridized carbons (Fsp3) is 0.344. The lowest BCUT2D eigenvalue weighted by atomic mass is 9.94. The second-order valence-electron chi connectivity index (χ2n) is 10.4. The van der Waals surface area contributed by atoms with Crippen LogP contribution in [0.25, 0.3) is 0 Å². The highest BCUT2D eigenvalue weighted by Gasteiger charge is 2.50. The molecule has 0 heterocycles. The van der Waals surface area contributed by atoms with Crippen LogP contribution in [-0.4, -0.2) is 46.9 Å². The number of carbonyl (C=O) groups is 3. The van der Waals surface area contributed by atoms with E-state index in [1.54, 1.807) is 106 Å². The van der Waals surface area contributed by atoms with Gasteiger partial charge in [-0.05, 0) is 36.0 Å². The zero-order valence-electron chi connectivity index (χ0n) is 23.4. The summed E-state index contributed by atoms with van der Waals surface area (Å²) in [4.78, 5) is 38.9. The first-order chi connectivity index (χ1) is 19.5. The smallest absolute Gasteiger partial charge is 0.351 e. The van der Waals surface area contributed by atoms with Crippen LogP contribution in [0.2, 0.25) is 0 Å². The Kier molecular flexibility index (Phi) is 11.1. The van der Waals surface area contributed by atoms with Gasteiger partial charge in [0, 0.05) is 6.54 Å². The number of aliphatic hydroxyl groups is 1. The Labute approximate surface area is 239 Å². The van der Waals surface area contributed by atoms with Crippen LogP contribution in [0.3, 0.4) is 0 Å². The summed E-state index contributed by atoms with van der Waals surface area (Å²) in [7, 11) is 0. The molecular formula is C32H37F2N3O4. The Balaban J connectivity index is 1.78. The molecule has 4 N–H and O–H groups in total. The molecule has 9 heteroatoms. The van der Waals surface area contributed by atoms with Gasteiger partial charge in [-0.15, -0.1) is 0 Å². The maximum absolute atomic E-state index is 15.3. The average molecular weight is 566 g/mol. The number of aliphatic hydroxyl groups excluding tert-OH is 1. The number of nitrogens with one attached hydrogen (secondary N) is 3. The van der Waals surface area contributed by atoms with Gasteiger partial charge in [0.25, 0.3) is 5.91 Å². The summed E-state index contributed by atoms with van der Waals surface area (Å²) in [6.45, 7) is 4.98. The number of hydrogen-bond acceptors (Lipinski definition) is 4. The van der Waals surface area contributed by atoms with Crippen molar-refractivity contribution >= 4 is 17.7 Å². The van der Waals surface area contributed by atoms with Gasteiger partial charge in [-0.25, -0.2) is 0 Å². The number of carbonyl (C=O) groups excluding carboxylic acids is 3. The molecule has 3 unspecified atom stereocenters. The van der Waals surface area contributed by atoms with E-state index in [-0.39, 0.29) is 13.0 Å². The summed E-state index contributed by atoms with van der Waals surface area (Å²) in [6, 6.07) is 23.4. The van der Waals surface area contributed by atoms with E-state index in [0.29, 0.717) is 11.1 Å². The zero-order chi connectivity index (χ0) is 30.0. The minimum Gasteiger partial charge on any atom is -0.384 e. The first-order valence-electron chi connectivity index (χ1n) is 13.6. The summed E-state index contributed by atoms with van der Waals surface area (Å²) >= 11 is 0. The third-order valence-electron chi connectivity index (χ3n) is 6.92. The predicted molar refractivity (Wildman–Crippen MR) is 153 cm³/mol. The van der Waals surface area contributed by atoms with E-state index in [1.807, 2.05) is 6.07 Å². The van der Waals surface area contributed by atoms with Crippen LogP contribution in [-0.2, 0) is 27.3 Å². The normalized spacial score (nSPS) is 14.4. The van der Waals surface area contributed by atoms with Gasteiger partial charge in [-0.3, -0.25) is 14.4 Å². The predicted octanol–water partition coefficient (Wildman–Crippen LogP) is 3.97. The Morgan fingerprint density at radius 2 is 1.27 bits per heavy atom. The molecule has 0 aliphatic heterocycles. The van der Waals surface area contributed by atoms with E-state index in [1.165, 1.54) is 0 Å². The second-order valence-corrected chi connectivity index (χ2v) is 10.4. The SMILES string of the molecule is CC(C(=O)N[C@H](C(=O)NC(Cc1ccccc1)C(O)C(F)(F)C(=O)NCc1ccccc1)C(C)C)c1ccccc1. The molecule has 4 atom stereocenters. The lowest BCUT2D eigenvalue weighted by Crippen LogP contribution is -2.61. The number of alkyl halides is 2. The lowest BCUT2D eigenvalue weighted by Gasteiger charge is -2.32. The van der Waals surface area contributed by atoms with E-state index < -0.39 is 53.7 Å². The summed E-state index contributed by atoms with van der Waals surface area (Å²) in [5.74, 6) is -7.99. The maximum atomic E-state index is 15.3. The number of hydrogen-bond donors (Lipinski definition) is 4. The first kappa shape index (κ1) is 31.4. The lowest BCUT2D eigenvalue weighted by molar-refractivity contribution is -0.168. The van der Waals surface area contributed by atoms with Crippen molar-refractivity contribution in [2.45, 2.75) is 63.8 Å². The molecule has 0 saturated heterocycles. The van der Waals surface area contributed by atoms with E-state index in [4.69, 9.17) is 0 Å². The molecule has 218 valence electrons. The second kappa shape index (κ2) is 14.5. The molecule has 0 radical (unpaired) electrons. The third kappa shape index (κ3) is 8.69. The van der Waals surface area contributed by atoms with Crippen molar-refractivity contribution in [1.29, 1.82) is 0 Å². The highest BCUT2D eigenvalue weighted by atomic mass is 19.3. The van der Waals surface area contributed by atoms with Gasteiger partial charge in [0.15, 0.2) is 0 Å². The van der Waals surface area contributed by atoms with Gasteiger partial charge >= 0.3 is 5.92 Å². The van der Waals surface area contributed by atoms with Gasteiger partial charge in [0.05, 0.1) is 12.0 Å². The molecule has 41 heavy (non-hydrogen) atoms. The Morgan fingerprint density at radius 1 is 0.756 bits per heavy atom. The summed E-state index contributed by atoms with van der Waals surface area (Å²) in [5.41, 5.74) is 1.94. The molecule has 0 saturated carbocycles. The highest BCUT2D eigenvalue weighted by Crippen LogP contribution is 2.24. The summed E-state index contributed by atoms with van der Waals surface area (Å²) in [6.07, 6.45) is -2.72. The molecule has 3 amide bonds. The van der Waals surface area contributed by atoms with Gasteiger partial charge in [-0.1, -0.05) is 105 Å². The Morgan fingerprint density at radius 3 is 1.80 bits per heavy atom. The molecule has 0 aliphatic rings.